The molecule has 0 N–H and O–H groups in total. The van der Waals surface area contributed by atoms with Crippen LogP contribution in [-0.4, -0.2) is 13.2 Å². The van der Waals surface area contributed by atoms with Gasteiger partial charge >= 0.3 is 0 Å². The van der Waals surface area contributed by atoms with Gasteiger partial charge in [0.05, 0.1) is 0 Å². The van der Waals surface area contributed by atoms with Crippen LogP contribution in [-0.2, 0) is 0 Å². The van der Waals surface area contributed by atoms with Crippen molar-refractivity contribution in [1.29, 1.82) is 0 Å². The first-order chi connectivity index (χ1) is 13.3. The fourth-order valence-electron chi connectivity index (χ4n) is 2.56. The molecule has 0 spiro atoms. The van der Waals surface area contributed by atoms with E-state index in [4.69, 9.17) is 9.47 Å². The van der Waals surface area contributed by atoms with Crippen molar-refractivity contribution in [2.75, 3.05) is 13.2 Å². The Bertz CT molecular complexity index is 813. The SMILES string of the molecule is CC=CCOc1ccc(-c2ccc(-c3ccc(OCC=CC)cc3)s2)cc1. The third-order valence-electron chi connectivity index (χ3n) is 4.05. The van der Waals surface area contributed by atoms with E-state index < -0.39 is 0 Å². The lowest BCUT2D eigenvalue weighted by atomic mass is 10.1. The van der Waals surface area contributed by atoms with E-state index in [9.17, 15) is 0 Å². The van der Waals surface area contributed by atoms with E-state index >= 15 is 0 Å². The highest BCUT2D eigenvalue weighted by Gasteiger charge is 2.06. The molecule has 0 atom stereocenters. The number of allylic oxidation sites excluding steroid dienone is 2. The van der Waals surface area contributed by atoms with Crippen LogP contribution in [0.3, 0.4) is 0 Å². The molecule has 2 aromatic carbocycles. The Morgan fingerprint density at radius 3 is 1.41 bits per heavy atom. The van der Waals surface area contributed by atoms with Crippen LogP contribution in [0.4, 0.5) is 0 Å². The molecule has 3 aromatic rings. The van der Waals surface area contributed by atoms with Crippen molar-refractivity contribution < 1.29 is 9.47 Å². The Kier molecular flexibility index (Phi) is 6.89. The lowest BCUT2D eigenvalue weighted by molar-refractivity contribution is 0.362. The normalized spacial score (nSPS) is 11.3. The van der Waals surface area contributed by atoms with Crippen LogP contribution in [0.2, 0.25) is 0 Å². The summed E-state index contributed by atoms with van der Waals surface area (Å²) in [6, 6.07) is 20.9. The van der Waals surface area contributed by atoms with Gasteiger partial charge in [-0.2, -0.15) is 0 Å². The molecule has 0 unspecified atom stereocenters. The lowest BCUT2D eigenvalue weighted by Gasteiger charge is -2.05. The monoisotopic (exact) mass is 376 g/mol. The highest BCUT2D eigenvalue weighted by Crippen LogP contribution is 2.35. The molecule has 0 fully saturated rings. The molecule has 138 valence electrons. The van der Waals surface area contributed by atoms with Gasteiger partial charge in [0.1, 0.15) is 24.7 Å². The number of thiophene rings is 1. The standard InChI is InChI=1S/C24H24O2S/c1-3-5-17-25-21-11-7-19(8-12-21)23-15-16-24(27-23)20-9-13-22(14-10-20)26-18-6-4-2/h3-16H,17-18H2,1-2H3. The molecule has 0 saturated heterocycles. The zero-order valence-electron chi connectivity index (χ0n) is 15.7. The van der Waals surface area contributed by atoms with Crippen molar-refractivity contribution >= 4 is 11.3 Å². The van der Waals surface area contributed by atoms with Crippen LogP contribution in [0, 0.1) is 0 Å². The van der Waals surface area contributed by atoms with Gasteiger partial charge in [0.25, 0.3) is 0 Å². The summed E-state index contributed by atoms with van der Waals surface area (Å²) in [6.07, 6.45) is 7.97. The average Bonchev–Trinajstić information content (AvgIpc) is 3.20. The molecule has 0 aliphatic rings. The molecule has 0 aliphatic heterocycles. The van der Waals surface area contributed by atoms with E-state index in [1.807, 2.05) is 62.4 Å². The Hall–Kier alpha value is -2.78. The van der Waals surface area contributed by atoms with Gasteiger partial charge in [0.15, 0.2) is 0 Å². The van der Waals surface area contributed by atoms with Gasteiger partial charge in [0, 0.05) is 9.75 Å². The zero-order chi connectivity index (χ0) is 18.9. The predicted molar refractivity (Wildman–Crippen MR) is 116 cm³/mol. The topological polar surface area (TPSA) is 18.5 Å². The van der Waals surface area contributed by atoms with E-state index in [2.05, 4.69) is 36.4 Å². The van der Waals surface area contributed by atoms with E-state index in [-0.39, 0.29) is 0 Å². The predicted octanol–water partition coefficient (Wildman–Crippen LogP) is 6.99. The Morgan fingerprint density at radius 1 is 0.630 bits per heavy atom. The molecule has 0 saturated carbocycles. The number of hydrogen-bond donors (Lipinski definition) is 0. The molecule has 0 aliphatic carbocycles. The van der Waals surface area contributed by atoms with Gasteiger partial charge < -0.3 is 9.47 Å². The molecular formula is C24H24O2S. The van der Waals surface area contributed by atoms with Crippen molar-refractivity contribution in [2.24, 2.45) is 0 Å². The maximum absolute atomic E-state index is 5.66. The van der Waals surface area contributed by atoms with Gasteiger partial charge in [-0.25, -0.2) is 0 Å². The minimum Gasteiger partial charge on any atom is -0.490 e. The first-order valence-electron chi connectivity index (χ1n) is 9.09. The van der Waals surface area contributed by atoms with Crippen LogP contribution >= 0.6 is 11.3 Å². The number of hydrogen-bond acceptors (Lipinski definition) is 3. The molecule has 0 radical (unpaired) electrons. The fraction of sp³-hybridized carbons (Fsp3) is 0.167. The second kappa shape index (κ2) is 9.79. The molecule has 2 nitrogen and oxygen atoms in total. The van der Waals surface area contributed by atoms with E-state index in [0.29, 0.717) is 13.2 Å². The number of rotatable bonds is 8. The largest absolute Gasteiger partial charge is 0.490 e. The smallest absolute Gasteiger partial charge is 0.119 e. The van der Waals surface area contributed by atoms with Gasteiger partial charge in [0.2, 0.25) is 0 Å². The summed E-state index contributed by atoms with van der Waals surface area (Å²) in [4.78, 5) is 2.50. The van der Waals surface area contributed by atoms with Crippen LogP contribution in [0.15, 0.2) is 85.0 Å². The molecule has 0 amide bonds. The summed E-state index contributed by atoms with van der Waals surface area (Å²) in [7, 11) is 0. The van der Waals surface area contributed by atoms with Crippen LogP contribution in [0.5, 0.6) is 11.5 Å². The average molecular weight is 377 g/mol. The van der Waals surface area contributed by atoms with Crippen molar-refractivity contribution in [3.8, 4) is 32.4 Å². The van der Waals surface area contributed by atoms with Crippen LogP contribution in [0.25, 0.3) is 20.9 Å². The zero-order valence-corrected chi connectivity index (χ0v) is 16.5. The van der Waals surface area contributed by atoms with E-state index in [1.165, 1.54) is 20.9 Å². The summed E-state index contributed by atoms with van der Waals surface area (Å²) in [5.41, 5.74) is 2.41. The highest BCUT2D eigenvalue weighted by molar-refractivity contribution is 7.18. The summed E-state index contributed by atoms with van der Waals surface area (Å²) in [6.45, 7) is 5.19. The molecule has 1 aromatic heterocycles. The van der Waals surface area contributed by atoms with Gasteiger partial charge in [-0.3, -0.25) is 0 Å². The summed E-state index contributed by atoms with van der Waals surface area (Å²) < 4.78 is 11.3. The first-order valence-corrected chi connectivity index (χ1v) is 9.90. The van der Waals surface area contributed by atoms with Crippen LogP contribution in [0.1, 0.15) is 13.8 Å². The molecule has 1 heterocycles. The van der Waals surface area contributed by atoms with Crippen molar-refractivity contribution in [1.82, 2.24) is 0 Å². The van der Waals surface area contributed by atoms with E-state index in [0.717, 1.165) is 11.5 Å². The van der Waals surface area contributed by atoms with E-state index in [1.54, 1.807) is 11.3 Å². The summed E-state index contributed by atoms with van der Waals surface area (Å²) >= 11 is 1.79. The van der Waals surface area contributed by atoms with Crippen LogP contribution < -0.4 is 9.47 Å². The summed E-state index contributed by atoms with van der Waals surface area (Å²) in [5.74, 6) is 1.78. The minimum atomic E-state index is 0.605. The van der Waals surface area contributed by atoms with Gasteiger partial charge in [-0.1, -0.05) is 24.3 Å². The van der Waals surface area contributed by atoms with Crippen molar-refractivity contribution in [3.63, 3.8) is 0 Å². The highest BCUT2D eigenvalue weighted by atomic mass is 32.1. The Labute approximate surface area is 165 Å². The number of ether oxygens (including phenoxy) is 2. The molecule has 3 heteroatoms. The fourth-order valence-corrected chi connectivity index (χ4v) is 3.58. The quantitative estimate of drug-likeness (QED) is 0.394. The lowest BCUT2D eigenvalue weighted by Crippen LogP contribution is -1.92. The molecule has 27 heavy (non-hydrogen) atoms. The van der Waals surface area contributed by atoms with Gasteiger partial charge in [-0.15, -0.1) is 11.3 Å². The first kappa shape index (κ1) is 19.0. The minimum absolute atomic E-state index is 0.605. The second-order valence-electron chi connectivity index (χ2n) is 5.97. The molecular weight excluding hydrogens is 352 g/mol. The van der Waals surface area contributed by atoms with Gasteiger partial charge in [-0.05, 0) is 85.6 Å². The molecule has 3 rings (SSSR count). The maximum atomic E-state index is 5.66. The summed E-state index contributed by atoms with van der Waals surface area (Å²) in [5, 5.41) is 0. The third kappa shape index (κ3) is 5.35. The molecule has 0 bridgehead atoms. The van der Waals surface area contributed by atoms with Crippen molar-refractivity contribution in [3.05, 3.63) is 85.0 Å². The maximum Gasteiger partial charge on any atom is 0.119 e. The number of benzene rings is 2. The van der Waals surface area contributed by atoms with Crippen molar-refractivity contribution in [2.45, 2.75) is 13.8 Å². The second-order valence-corrected chi connectivity index (χ2v) is 7.06. The Balaban J connectivity index is 1.67. The Morgan fingerprint density at radius 2 is 1.04 bits per heavy atom. The third-order valence-corrected chi connectivity index (χ3v) is 5.23.